The van der Waals surface area contributed by atoms with E-state index in [1.165, 1.54) is 30.2 Å². The topological polar surface area (TPSA) is 125 Å². The number of benzene rings is 2. The Morgan fingerprint density at radius 1 is 1.19 bits per heavy atom. The molecule has 8 heteroatoms. The molecule has 0 bridgehead atoms. The van der Waals surface area contributed by atoms with Gasteiger partial charge in [0.15, 0.2) is 0 Å². The second-order valence-corrected chi connectivity index (χ2v) is 5.73. The number of nitrogens with one attached hydrogen (secondary N) is 1. The van der Waals surface area contributed by atoms with Crippen molar-refractivity contribution >= 4 is 46.2 Å². The van der Waals surface area contributed by atoms with Crippen LogP contribution in [0.1, 0.15) is 6.92 Å². The monoisotopic (exact) mass is 369 g/mol. The van der Waals surface area contributed by atoms with Crippen LogP contribution in [-0.2, 0) is 9.59 Å². The van der Waals surface area contributed by atoms with E-state index in [4.69, 9.17) is 23.1 Å². The first kappa shape index (κ1) is 18.8. The lowest BCUT2D eigenvalue weighted by atomic mass is 10.2. The van der Waals surface area contributed by atoms with Gasteiger partial charge in [-0.05, 0) is 42.5 Å². The van der Waals surface area contributed by atoms with Gasteiger partial charge in [-0.15, -0.1) is 0 Å². The van der Waals surface area contributed by atoms with Gasteiger partial charge in [-0.3, -0.25) is 14.5 Å². The van der Waals surface area contributed by atoms with E-state index in [-0.39, 0.29) is 16.5 Å². The number of nitrogen functional groups attached to an aromatic ring is 2. The van der Waals surface area contributed by atoms with Gasteiger partial charge in [-0.2, -0.15) is 5.26 Å². The highest BCUT2D eigenvalue weighted by Gasteiger charge is 2.15. The molecular weight excluding hydrogens is 354 g/mol. The third kappa shape index (κ3) is 4.53. The van der Waals surface area contributed by atoms with E-state index in [1.54, 1.807) is 36.4 Å². The van der Waals surface area contributed by atoms with Crippen LogP contribution in [0, 0.1) is 11.3 Å². The molecule has 0 aliphatic heterocycles. The summed E-state index contributed by atoms with van der Waals surface area (Å²) in [5, 5.41) is 12.1. The van der Waals surface area contributed by atoms with Gasteiger partial charge in [0.05, 0.1) is 10.7 Å². The minimum atomic E-state index is -0.685. The highest BCUT2D eigenvalue weighted by molar-refractivity contribution is 6.33. The average Bonchev–Trinajstić information content (AvgIpc) is 2.60. The number of amides is 2. The number of carbonyl (C=O) groups is 2. The van der Waals surface area contributed by atoms with Crippen LogP contribution < -0.4 is 21.7 Å². The number of hydrogen-bond acceptors (Lipinski definition) is 5. The molecule has 0 spiro atoms. The Hall–Kier alpha value is -3.50. The molecule has 0 saturated carbocycles. The van der Waals surface area contributed by atoms with Gasteiger partial charge in [0.1, 0.15) is 11.6 Å². The second-order valence-electron chi connectivity index (χ2n) is 5.33. The summed E-state index contributed by atoms with van der Waals surface area (Å²) in [6.07, 6.45) is 1.17. The minimum absolute atomic E-state index is 0.259. The number of halogens is 1. The zero-order valence-electron chi connectivity index (χ0n) is 13.9. The van der Waals surface area contributed by atoms with Gasteiger partial charge >= 0.3 is 0 Å². The van der Waals surface area contributed by atoms with Gasteiger partial charge in [0, 0.05) is 30.2 Å². The second kappa shape index (κ2) is 8.05. The molecule has 7 nitrogen and oxygen atoms in total. The molecule has 0 radical (unpaired) electrons. The number of nitrogens with zero attached hydrogens (tertiary/aromatic N) is 2. The maximum Gasteiger partial charge on any atom is 0.267 e. The molecule has 0 aromatic heterocycles. The average molecular weight is 370 g/mol. The highest BCUT2D eigenvalue weighted by atomic mass is 35.5. The molecule has 0 heterocycles. The van der Waals surface area contributed by atoms with Crippen molar-refractivity contribution in [2.75, 3.05) is 21.7 Å². The first-order valence-electron chi connectivity index (χ1n) is 7.45. The van der Waals surface area contributed by atoms with Crippen LogP contribution in [0.15, 0.2) is 54.2 Å². The lowest BCUT2D eigenvalue weighted by Gasteiger charge is -2.17. The lowest BCUT2D eigenvalue weighted by molar-refractivity contribution is -0.116. The predicted octanol–water partition coefficient (Wildman–Crippen LogP) is 2.90. The van der Waals surface area contributed by atoms with Crippen LogP contribution in [-0.4, -0.2) is 11.8 Å². The quantitative estimate of drug-likeness (QED) is 0.434. The van der Waals surface area contributed by atoms with Crippen molar-refractivity contribution in [3.05, 3.63) is 59.3 Å². The van der Waals surface area contributed by atoms with Gasteiger partial charge in [-0.1, -0.05) is 11.6 Å². The maximum absolute atomic E-state index is 12.3. The number of hydrogen-bond donors (Lipinski definition) is 3. The number of rotatable bonds is 4. The normalized spacial score (nSPS) is 10.7. The molecule has 2 aromatic carbocycles. The van der Waals surface area contributed by atoms with Crippen molar-refractivity contribution in [2.45, 2.75) is 6.92 Å². The number of nitriles is 1. The first-order chi connectivity index (χ1) is 12.3. The smallest absolute Gasteiger partial charge is 0.267 e. The van der Waals surface area contributed by atoms with Crippen molar-refractivity contribution in [2.24, 2.45) is 0 Å². The van der Waals surface area contributed by atoms with Crippen molar-refractivity contribution in [3.8, 4) is 6.07 Å². The third-order valence-corrected chi connectivity index (χ3v) is 3.72. The van der Waals surface area contributed by atoms with Crippen LogP contribution >= 0.6 is 11.6 Å². The Balaban J connectivity index is 2.29. The number of nitrogens with two attached hydrogens (primary N) is 2. The van der Waals surface area contributed by atoms with E-state index in [1.807, 2.05) is 0 Å². The Bertz CT molecular complexity index is 916. The molecule has 132 valence electrons. The Morgan fingerprint density at radius 2 is 1.85 bits per heavy atom. The fraction of sp³-hybridized carbons (Fsp3) is 0.0556. The molecule has 0 aliphatic rings. The van der Waals surface area contributed by atoms with E-state index in [0.29, 0.717) is 22.7 Å². The number of carbonyl (C=O) groups excluding carboxylic acids is 2. The maximum atomic E-state index is 12.3. The molecule has 0 saturated heterocycles. The molecular formula is C18H16ClN5O2. The van der Waals surface area contributed by atoms with E-state index in [9.17, 15) is 14.9 Å². The molecule has 0 aliphatic carbocycles. The van der Waals surface area contributed by atoms with Crippen molar-refractivity contribution < 1.29 is 9.59 Å². The summed E-state index contributed by atoms with van der Waals surface area (Å²) >= 11 is 5.91. The largest absolute Gasteiger partial charge is 0.399 e. The summed E-state index contributed by atoms with van der Waals surface area (Å²) in [5.74, 6) is -1.05. The molecule has 26 heavy (non-hydrogen) atoms. The van der Waals surface area contributed by atoms with Gasteiger partial charge in [-0.25, -0.2) is 0 Å². The third-order valence-electron chi connectivity index (χ3n) is 3.39. The Kier molecular flexibility index (Phi) is 5.83. The van der Waals surface area contributed by atoms with Gasteiger partial charge in [0.25, 0.3) is 5.91 Å². The summed E-state index contributed by atoms with van der Waals surface area (Å²) in [6.45, 7) is 1.32. The fourth-order valence-corrected chi connectivity index (χ4v) is 2.23. The summed E-state index contributed by atoms with van der Waals surface area (Å²) in [7, 11) is 0. The summed E-state index contributed by atoms with van der Waals surface area (Å²) in [5.41, 5.74) is 12.7. The lowest BCUT2D eigenvalue weighted by Crippen LogP contribution is -2.25. The minimum Gasteiger partial charge on any atom is -0.399 e. The predicted molar refractivity (Wildman–Crippen MR) is 102 cm³/mol. The van der Waals surface area contributed by atoms with Crippen LogP contribution in [0.5, 0.6) is 0 Å². The summed E-state index contributed by atoms with van der Waals surface area (Å²) in [6, 6.07) is 12.8. The van der Waals surface area contributed by atoms with Gasteiger partial charge < -0.3 is 16.8 Å². The number of anilines is 4. The first-order valence-corrected chi connectivity index (χ1v) is 7.83. The molecule has 2 aromatic rings. The zero-order chi connectivity index (χ0) is 19.3. The van der Waals surface area contributed by atoms with Crippen molar-refractivity contribution in [3.63, 3.8) is 0 Å². The fourth-order valence-electron chi connectivity index (χ4n) is 2.05. The molecule has 0 unspecified atom stereocenters. The van der Waals surface area contributed by atoms with Crippen LogP contribution in [0.3, 0.4) is 0 Å². The molecule has 5 N–H and O–H groups in total. The van der Waals surface area contributed by atoms with E-state index < -0.39 is 5.91 Å². The van der Waals surface area contributed by atoms with E-state index in [2.05, 4.69) is 5.32 Å². The van der Waals surface area contributed by atoms with Gasteiger partial charge in [0.2, 0.25) is 5.91 Å². The van der Waals surface area contributed by atoms with Crippen LogP contribution in [0.25, 0.3) is 0 Å². The Labute approximate surface area is 155 Å². The van der Waals surface area contributed by atoms with Crippen molar-refractivity contribution in [1.82, 2.24) is 0 Å². The van der Waals surface area contributed by atoms with Crippen LogP contribution in [0.2, 0.25) is 5.02 Å². The summed E-state index contributed by atoms with van der Waals surface area (Å²) in [4.78, 5) is 25.5. The Morgan fingerprint density at radius 3 is 2.38 bits per heavy atom. The molecule has 2 amide bonds. The molecule has 2 rings (SSSR count). The SMILES string of the molecule is CC(=O)N(/C=C(/C#N)C(=O)Nc1ccc(N)c(Cl)c1)c1ccc(N)cc1. The highest BCUT2D eigenvalue weighted by Crippen LogP contribution is 2.23. The van der Waals surface area contributed by atoms with Crippen LogP contribution in [0.4, 0.5) is 22.7 Å². The molecule has 0 fully saturated rings. The summed E-state index contributed by atoms with van der Waals surface area (Å²) < 4.78 is 0. The molecule has 0 atom stereocenters. The zero-order valence-corrected chi connectivity index (χ0v) is 14.6. The standard InChI is InChI=1S/C18H16ClN5O2/c1-11(25)24(15-5-2-13(21)3-6-15)10-12(9-20)18(26)23-14-4-7-17(22)16(19)8-14/h2-8,10H,21-22H2,1H3,(H,23,26)/b12-10-. The van der Waals surface area contributed by atoms with E-state index >= 15 is 0 Å². The van der Waals surface area contributed by atoms with Crippen molar-refractivity contribution in [1.29, 1.82) is 5.26 Å². The van der Waals surface area contributed by atoms with E-state index in [0.717, 1.165) is 0 Å².